The van der Waals surface area contributed by atoms with Gasteiger partial charge < -0.3 is 16.4 Å². The summed E-state index contributed by atoms with van der Waals surface area (Å²) in [6, 6.07) is 5.26. The minimum absolute atomic E-state index is 0.102. The molecule has 1 aromatic rings. The Labute approximate surface area is 113 Å². The summed E-state index contributed by atoms with van der Waals surface area (Å²) in [6.45, 7) is 5.06. The number of nitrogens with one attached hydrogen (secondary N) is 2. The smallest absolute Gasteiger partial charge is 0.253 e. The molecule has 0 fully saturated rings. The molecule has 100 valence electrons. The van der Waals surface area contributed by atoms with E-state index in [-0.39, 0.29) is 10.7 Å². The van der Waals surface area contributed by atoms with Gasteiger partial charge >= 0.3 is 0 Å². The number of nitrogen functional groups attached to an aromatic ring is 1. The fourth-order valence-corrected chi connectivity index (χ4v) is 1.64. The topological polar surface area (TPSA) is 67.2 Å². The van der Waals surface area contributed by atoms with Crippen molar-refractivity contribution >= 4 is 29.0 Å². The van der Waals surface area contributed by atoms with Crippen LogP contribution in [0.4, 0.5) is 11.4 Å². The van der Waals surface area contributed by atoms with Gasteiger partial charge in [0.25, 0.3) is 5.91 Å². The fraction of sp³-hybridized carbons (Fsp3) is 0.462. The van der Waals surface area contributed by atoms with E-state index in [4.69, 9.17) is 5.73 Å². The first-order valence-corrected chi connectivity index (χ1v) is 7.03. The van der Waals surface area contributed by atoms with Gasteiger partial charge in [0.1, 0.15) is 0 Å². The molecule has 0 unspecified atom stereocenters. The number of hydrogen-bond donors (Lipinski definition) is 3. The SMILES string of the molecule is CNC(=O)c1ccc(N)cc1NCC(C)(C)SC. The van der Waals surface area contributed by atoms with Crippen molar-refractivity contribution in [3.05, 3.63) is 23.8 Å². The summed E-state index contributed by atoms with van der Waals surface area (Å²) in [6.07, 6.45) is 2.07. The monoisotopic (exact) mass is 267 g/mol. The zero-order valence-electron chi connectivity index (χ0n) is 11.3. The molecule has 5 heteroatoms. The van der Waals surface area contributed by atoms with Crippen LogP contribution in [0.25, 0.3) is 0 Å². The summed E-state index contributed by atoms with van der Waals surface area (Å²) in [5.41, 5.74) is 7.80. The minimum Gasteiger partial charge on any atom is -0.399 e. The molecule has 0 aromatic heterocycles. The van der Waals surface area contributed by atoms with Gasteiger partial charge in [0.2, 0.25) is 0 Å². The van der Waals surface area contributed by atoms with Crippen LogP contribution in [0.1, 0.15) is 24.2 Å². The molecule has 0 aliphatic heterocycles. The first kappa shape index (κ1) is 14.7. The Bertz CT molecular complexity index is 432. The van der Waals surface area contributed by atoms with Crippen LogP contribution in [-0.4, -0.2) is 30.5 Å². The highest BCUT2D eigenvalue weighted by Crippen LogP contribution is 2.24. The van der Waals surface area contributed by atoms with E-state index in [2.05, 4.69) is 30.7 Å². The maximum Gasteiger partial charge on any atom is 0.253 e. The maximum atomic E-state index is 11.7. The molecule has 1 rings (SSSR count). The van der Waals surface area contributed by atoms with Gasteiger partial charge in [0.15, 0.2) is 0 Å². The van der Waals surface area contributed by atoms with Crippen LogP contribution in [0.3, 0.4) is 0 Å². The lowest BCUT2D eigenvalue weighted by atomic mass is 10.1. The van der Waals surface area contributed by atoms with Crippen LogP contribution in [0.2, 0.25) is 0 Å². The second kappa shape index (κ2) is 6.00. The molecule has 18 heavy (non-hydrogen) atoms. The van der Waals surface area contributed by atoms with E-state index in [1.54, 1.807) is 37.0 Å². The molecule has 0 aliphatic carbocycles. The number of amides is 1. The minimum atomic E-state index is -0.112. The van der Waals surface area contributed by atoms with Crippen LogP contribution in [0.5, 0.6) is 0 Å². The van der Waals surface area contributed by atoms with Crippen molar-refractivity contribution in [3.8, 4) is 0 Å². The summed E-state index contributed by atoms with van der Waals surface area (Å²) in [5, 5.41) is 5.93. The van der Waals surface area contributed by atoms with Gasteiger partial charge in [0.05, 0.1) is 5.56 Å². The van der Waals surface area contributed by atoms with E-state index in [0.29, 0.717) is 11.3 Å². The van der Waals surface area contributed by atoms with Gasteiger partial charge in [-0.1, -0.05) is 0 Å². The highest BCUT2D eigenvalue weighted by molar-refractivity contribution is 7.99. The van der Waals surface area contributed by atoms with Gasteiger partial charge in [-0.2, -0.15) is 11.8 Å². The molecule has 0 spiro atoms. The second-order valence-electron chi connectivity index (χ2n) is 4.70. The molecule has 0 aliphatic rings. The average Bonchev–Trinajstić information content (AvgIpc) is 2.36. The van der Waals surface area contributed by atoms with Gasteiger partial charge in [-0.15, -0.1) is 0 Å². The molecule has 4 N–H and O–H groups in total. The number of benzene rings is 1. The third-order valence-corrected chi connectivity index (χ3v) is 4.02. The maximum absolute atomic E-state index is 11.7. The number of rotatable bonds is 5. The zero-order chi connectivity index (χ0) is 13.8. The van der Waals surface area contributed by atoms with Crippen molar-refractivity contribution in [3.63, 3.8) is 0 Å². The first-order chi connectivity index (χ1) is 8.39. The summed E-state index contributed by atoms with van der Waals surface area (Å²) in [4.78, 5) is 11.7. The molecular weight excluding hydrogens is 246 g/mol. The van der Waals surface area contributed by atoms with Crippen molar-refractivity contribution in [1.29, 1.82) is 0 Å². The first-order valence-electron chi connectivity index (χ1n) is 5.80. The fourth-order valence-electron chi connectivity index (χ4n) is 1.42. The summed E-state index contributed by atoms with van der Waals surface area (Å²) >= 11 is 1.78. The predicted molar refractivity (Wildman–Crippen MR) is 80.3 cm³/mol. The molecule has 0 saturated carbocycles. The van der Waals surface area contributed by atoms with Crippen LogP contribution in [-0.2, 0) is 0 Å². The molecule has 1 aromatic carbocycles. The van der Waals surface area contributed by atoms with Crippen LogP contribution >= 0.6 is 11.8 Å². The van der Waals surface area contributed by atoms with Gasteiger partial charge in [-0.25, -0.2) is 0 Å². The molecular formula is C13H21N3OS. The Morgan fingerprint density at radius 1 is 1.44 bits per heavy atom. The van der Waals surface area contributed by atoms with Gasteiger partial charge in [0, 0.05) is 29.7 Å². The third kappa shape index (κ3) is 3.84. The Kier molecular flexibility index (Phi) is 4.90. The van der Waals surface area contributed by atoms with Crippen LogP contribution in [0.15, 0.2) is 18.2 Å². The van der Waals surface area contributed by atoms with Crippen LogP contribution in [0, 0.1) is 0 Å². The van der Waals surface area contributed by atoms with Crippen molar-refractivity contribution < 1.29 is 4.79 Å². The number of thioether (sulfide) groups is 1. The van der Waals surface area contributed by atoms with Gasteiger partial charge in [-0.3, -0.25) is 4.79 Å². The van der Waals surface area contributed by atoms with Gasteiger partial charge in [-0.05, 0) is 38.3 Å². The molecule has 0 atom stereocenters. The number of anilines is 2. The van der Waals surface area contributed by atoms with E-state index < -0.39 is 0 Å². The molecule has 0 saturated heterocycles. The lowest BCUT2D eigenvalue weighted by Gasteiger charge is -2.24. The average molecular weight is 267 g/mol. The number of hydrogen-bond acceptors (Lipinski definition) is 4. The molecule has 1 amide bonds. The molecule has 0 heterocycles. The summed E-state index contributed by atoms with van der Waals surface area (Å²) < 4.78 is 0.102. The van der Waals surface area contributed by atoms with Crippen molar-refractivity contribution in [2.75, 3.05) is 30.9 Å². The number of carbonyl (C=O) groups is 1. The Morgan fingerprint density at radius 2 is 2.11 bits per heavy atom. The lowest BCUT2D eigenvalue weighted by Crippen LogP contribution is -2.27. The Hall–Kier alpha value is -1.36. The number of carbonyl (C=O) groups excluding carboxylic acids is 1. The van der Waals surface area contributed by atoms with E-state index in [9.17, 15) is 4.79 Å². The van der Waals surface area contributed by atoms with E-state index in [0.717, 1.165) is 12.2 Å². The zero-order valence-corrected chi connectivity index (χ0v) is 12.1. The summed E-state index contributed by atoms with van der Waals surface area (Å²) in [5.74, 6) is -0.112. The second-order valence-corrected chi connectivity index (χ2v) is 6.21. The lowest BCUT2D eigenvalue weighted by molar-refractivity contribution is 0.0964. The Balaban J connectivity index is 2.93. The molecule has 4 nitrogen and oxygen atoms in total. The highest BCUT2D eigenvalue weighted by atomic mass is 32.2. The van der Waals surface area contributed by atoms with E-state index in [1.165, 1.54) is 0 Å². The number of nitrogens with two attached hydrogens (primary N) is 1. The standard InChI is InChI=1S/C13H21N3OS/c1-13(2,18-4)8-16-11-7-9(14)5-6-10(11)12(17)15-3/h5-7,16H,8,14H2,1-4H3,(H,15,17). The Morgan fingerprint density at radius 3 is 2.67 bits per heavy atom. The van der Waals surface area contributed by atoms with E-state index in [1.807, 2.05) is 0 Å². The molecule has 0 bridgehead atoms. The van der Waals surface area contributed by atoms with Crippen LogP contribution < -0.4 is 16.4 Å². The normalized spacial score (nSPS) is 11.1. The summed E-state index contributed by atoms with van der Waals surface area (Å²) in [7, 11) is 1.62. The van der Waals surface area contributed by atoms with Crippen molar-refractivity contribution in [1.82, 2.24) is 5.32 Å². The van der Waals surface area contributed by atoms with Crippen molar-refractivity contribution in [2.45, 2.75) is 18.6 Å². The third-order valence-electron chi connectivity index (χ3n) is 2.77. The predicted octanol–water partition coefficient (Wildman–Crippen LogP) is 2.18. The molecule has 0 radical (unpaired) electrons. The largest absolute Gasteiger partial charge is 0.399 e. The van der Waals surface area contributed by atoms with E-state index >= 15 is 0 Å². The highest BCUT2D eigenvalue weighted by Gasteiger charge is 2.17. The van der Waals surface area contributed by atoms with Crippen molar-refractivity contribution in [2.24, 2.45) is 0 Å². The quantitative estimate of drug-likeness (QED) is 0.715.